The predicted molar refractivity (Wildman–Crippen MR) is 94.1 cm³/mol. The Morgan fingerprint density at radius 3 is 2.23 bits per heavy atom. The smallest absolute Gasteiger partial charge is 0.248 e. The lowest BCUT2D eigenvalue weighted by molar-refractivity contribution is -0.118. The Morgan fingerprint density at radius 2 is 1.64 bits per heavy atom. The fourth-order valence-corrected chi connectivity index (χ4v) is 2.60. The zero-order valence-corrected chi connectivity index (χ0v) is 14.0. The van der Waals surface area contributed by atoms with E-state index in [1.54, 1.807) is 0 Å². The van der Waals surface area contributed by atoms with E-state index in [0.717, 1.165) is 10.6 Å². The van der Waals surface area contributed by atoms with Crippen molar-refractivity contribution in [3.63, 3.8) is 0 Å². The van der Waals surface area contributed by atoms with Crippen LogP contribution in [0.3, 0.4) is 0 Å². The van der Waals surface area contributed by atoms with Crippen LogP contribution in [0, 0.1) is 0 Å². The van der Waals surface area contributed by atoms with Crippen LogP contribution in [-0.4, -0.2) is 11.7 Å². The third kappa shape index (κ3) is 5.11. The van der Waals surface area contributed by atoms with Gasteiger partial charge in [-0.05, 0) is 35.2 Å². The third-order valence-corrected chi connectivity index (χ3v) is 4.22. The number of thioether (sulfide) groups is 1. The van der Waals surface area contributed by atoms with E-state index in [4.69, 9.17) is 0 Å². The lowest BCUT2D eigenvalue weighted by Gasteiger charge is -2.19. The fourth-order valence-electron chi connectivity index (χ4n) is 1.90. The van der Waals surface area contributed by atoms with Gasteiger partial charge in [-0.2, -0.15) is 0 Å². The molecule has 0 aliphatic heterocycles. The monoisotopic (exact) mass is 314 g/mol. The number of hydrazine groups is 1. The van der Waals surface area contributed by atoms with Crippen LogP contribution in [0.15, 0.2) is 59.5 Å². The van der Waals surface area contributed by atoms with Gasteiger partial charge in [0.2, 0.25) is 5.91 Å². The molecule has 0 saturated heterocycles. The van der Waals surface area contributed by atoms with Crippen molar-refractivity contribution in [3.8, 4) is 0 Å². The van der Waals surface area contributed by atoms with Gasteiger partial charge < -0.3 is 0 Å². The number of nitrogens with one attached hydrogen (secondary N) is 2. The highest BCUT2D eigenvalue weighted by molar-refractivity contribution is 8.00. The molecule has 0 aromatic heterocycles. The minimum Gasteiger partial charge on any atom is -0.299 e. The molecule has 0 spiro atoms. The first kappa shape index (κ1) is 16.4. The molecule has 2 rings (SSSR count). The number of amides is 1. The van der Waals surface area contributed by atoms with E-state index in [2.05, 4.69) is 55.9 Å². The van der Waals surface area contributed by atoms with Crippen molar-refractivity contribution in [1.82, 2.24) is 5.43 Å². The largest absolute Gasteiger partial charge is 0.299 e. The third-order valence-electron chi connectivity index (χ3n) is 3.21. The average Bonchev–Trinajstić information content (AvgIpc) is 2.51. The summed E-state index contributed by atoms with van der Waals surface area (Å²) in [5.74, 6) is 0.336. The standard InChI is InChI=1S/C18H22N2OS/c1-18(2,3)14-9-11-16(12-10-14)22-13-17(21)20-19-15-7-5-4-6-8-15/h4-12,19H,13H2,1-3H3,(H,20,21). The second kappa shape index (κ2) is 7.36. The van der Waals surface area contributed by atoms with E-state index in [-0.39, 0.29) is 11.3 Å². The number of rotatable bonds is 5. The summed E-state index contributed by atoms with van der Waals surface area (Å²) in [5, 5.41) is 0. The number of benzene rings is 2. The first-order valence-electron chi connectivity index (χ1n) is 7.28. The molecule has 0 bridgehead atoms. The van der Waals surface area contributed by atoms with E-state index in [1.165, 1.54) is 17.3 Å². The number of carbonyl (C=O) groups excluding carboxylic acids is 1. The highest BCUT2D eigenvalue weighted by Gasteiger charge is 2.13. The molecule has 2 aromatic carbocycles. The second-order valence-electron chi connectivity index (χ2n) is 6.10. The summed E-state index contributed by atoms with van der Waals surface area (Å²) in [4.78, 5) is 12.9. The topological polar surface area (TPSA) is 41.1 Å². The minimum absolute atomic E-state index is 0.0475. The quantitative estimate of drug-likeness (QED) is 0.641. The number of para-hydroxylation sites is 1. The SMILES string of the molecule is CC(C)(C)c1ccc(SCC(=O)NNc2ccccc2)cc1. The van der Waals surface area contributed by atoms with Crippen LogP contribution in [0.4, 0.5) is 5.69 Å². The molecule has 0 saturated carbocycles. The molecule has 0 atom stereocenters. The number of hydrogen-bond acceptors (Lipinski definition) is 3. The highest BCUT2D eigenvalue weighted by atomic mass is 32.2. The van der Waals surface area contributed by atoms with E-state index in [1.807, 2.05) is 30.3 Å². The van der Waals surface area contributed by atoms with Gasteiger partial charge in [-0.15, -0.1) is 11.8 Å². The van der Waals surface area contributed by atoms with Crippen molar-refractivity contribution in [2.24, 2.45) is 0 Å². The summed E-state index contributed by atoms with van der Waals surface area (Å²) in [6, 6.07) is 18.0. The summed E-state index contributed by atoms with van der Waals surface area (Å²) in [6.07, 6.45) is 0. The van der Waals surface area contributed by atoms with Crippen molar-refractivity contribution in [1.29, 1.82) is 0 Å². The minimum atomic E-state index is -0.0475. The molecule has 1 amide bonds. The van der Waals surface area contributed by atoms with Crippen LogP contribution in [0.2, 0.25) is 0 Å². The van der Waals surface area contributed by atoms with Crippen LogP contribution in [0.25, 0.3) is 0 Å². The summed E-state index contributed by atoms with van der Waals surface area (Å²) in [6.45, 7) is 6.58. The predicted octanol–water partition coefficient (Wildman–Crippen LogP) is 4.22. The van der Waals surface area contributed by atoms with Crippen molar-refractivity contribution < 1.29 is 4.79 Å². The van der Waals surface area contributed by atoms with Crippen molar-refractivity contribution in [2.45, 2.75) is 31.1 Å². The lowest BCUT2D eigenvalue weighted by atomic mass is 9.87. The van der Waals surface area contributed by atoms with E-state index < -0.39 is 0 Å². The maximum Gasteiger partial charge on any atom is 0.248 e. The normalized spacial score (nSPS) is 11.0. The summed E-state index contributed by atoms with van der Waals surface area (Å²) >= 11 is 1.53. The Labute approximate surface area is 136 Å². The molecule has 0 aliphatic rings. The van der Waals surface area contributed by atoms with Gasteiger partial charge in [-0.25, -0.2) is 0 Å². The van der Waals surface area contributed by atoms with E-state index >= 15 is 0 Å². The Morgan fingerprint density at radius 1 is 1.00 bits per heavy atom. The highest BCUT2D eigenvalue weighted by Crippen LogP contribution is 2.25. The Kier molecular flexibility index (Phi) is 5.50. The summed E-state index contributed by atoms with van der Waals surface area (Å²) in [7, 11) is 0. The maximum absolute atomic E-state index is 11.8. The molecule has 4 heteroatoms. The van der Waals surface area contributed by atoms with Crippen LogP contribution in [0.5, 0.6) is 0 Å². The molecule has 0 heterocycles. The van der Waals surface area contributed by atoms with Gasteiger partial charge in [0.05, 0.1) is 11.4 Å². The molecular formula is C18H22N2OS. The van der Waals surface area contributed by atoms with Gasteiger partial charge in [0.1, 0.15) is 0 Å². The van der Waals surface area contributed by atoms with E-state index in [0.29, 0.717) is 5.75 Å². The van der Waals surface area contributed by atoms with Crippen molar-refractivity contribution >= 4 is 23.4 Å². The number of hydrogen-bond donors (Lipinski definition) is 2. The van der Waals surface area contributed by atoms with Crippen LogP contribution >= 0.6 is 11.8 Å². The zero-order chi connectivity index (χ0) is 16.0. The van der Waals surface area contributed by atoms with Crippen molar-refractivity contribution in [2.75, 3.05) is 11.2 Å². The molecule has 2 N–H and O–H groups in total. The second-order valence-corrected chi connectivity index (χ2v) is 7.15. The summed E-state index contributed by atoms with van der Waals surface area (Å²) < 4.78 is 0. The molecule has 0 aliphatic carbocycles. The lowest BCUT2D eigenvalue weighted by Crippen LogP contribution is -2.30. The average molecular weight is 314 g/mol. The fraction of sp³-hybridized carbons (Fsp3) is 0.278. The molecule has 2 aromatic rings. The van der Waals surface area contributed by atoms with Gasteiger partial charge in [-0.1, -0.05) is 51.1 Å². The van der Waals surface area contributed by atoms with Gasteiger partial charge in [0.15, 0.2) is 0 Å². The maximum atomic E-state index is 11.8. The van der Waals surface area contributed by atoms with Crippen LogP contribution < -0.4 is 10.9 Å². The number of carbonyl (C=O) groups is 1. The van der Waals surface area contributed by atoms with Gasteiger partial charge in [0, 0.05) is 4.90 Å². The van der Waals surface area contributed by atoms with Gasteiger partial charge in [0.25, 0.3) is 0 Å². The van der Waals surface area contributed by atoms with Crippen LogP contribution in [0.1, 0.15) is 26.3 Å². The van der Waals surface area contributed by atoms with E-state index in [9.17, 15) is 4.79 Å². The zero-order valence-electron chi connectivity index (χ0n) is 13.2. The first-order chi connectivity index (χ1) is 10.4. The first-order valence-corrected chi connectivity index (χ1v) is 8.27. The molecular weight excluding hydrogens is 292 g/mol. The molecule has 116 valence electrons. The molecule has 0 fully saturated rings. The van der Waals surface area contributed by atoms with Gasteiger partial charge in [-0.3, -0.25) is 15.6 Å². The van der Waals surface area contributed by atoms with Gasteiger partial charge >= 0.3 is 0 Å². The Bertz CT molecular complexity index is 603. The van der Waals surface area contributed by atoms with Crippen molar-refractivity contribution in [3.05, 3.63) is 60.2 Å². The Balaban J connectivity index is 1.79. The summed E-state index contributed by atoms with van der Waals surface area (Å²) in [5.41, 5.74) is 7.91. The Hall–Kier alpha value is -1.94. The molecule has 3 nitrogen and oxygen atoms in total. The molecule has 22 heavy (non-hydrogen) atoms. The van der Waals surface area contributed by atoms with Crippen LogP contribution in [-0.2, 0) is 10.2 Å². The molecule has 0 radical (unpaired) electrons. The molecule has 0 unspecified atom stereocenters. The number of anilines is 1.